The number of rotatable bonds is 3. The number of nitrogens with one attached hydrogen (secondary N) is 1. The molecule has 1 aromatic carbocycles. The highest BCUT2D eigenvalue weighted by molar-refractivity contribution is 5.93. The number of hydrogen-bond acceptors (Lipinski definition) is 6. The second kappa shape index (κ2) is 6.35. The largest absolute Gasteiger partial charge is 0.504 e. The fourth-order valence-electron chi connectivity index (χ4n) is 5.80. The van der Waals surface area contributed by atoms with Crippen LogP contribution in [0.1, 0.15) is 30.4 Å². The molecule has 4 atom stereocenters. The predicted molar refractivity (Wildman–Crippen MR) is 101 cm³/mol. The Morgan fingerprint density at radius 2 is 2.14 bits per heavy atom. The summed E-state index contributed by atoms with van der Waals surface area (Å²) in [5, 5.41) is 13.5. The highest BCUT2D eigenvalue weighted by Crippen LogP contribution is 2.59. The number of amides is 2. The number of ketones is 1. The number of aromatic hydroxyl groups is 1. The van der Waals surface area contributed by atoms with E-state index in [0.717, 1.165) is 30.5 Å². The normalized spacial score (nSPS) is 34.3. The van der Waals surface area contributed by atoms with E-state index in [-0.39, 0.29) is 29.9 Å². The highest BCUT2D eigenvalue weighted by atomic mass is 16.5. The number of hydrogen-bond donors (Lipinski definition) is 3. The van der Waals surface area contributed by atoms with E-state index in [2.05, 4.69) is 17.3 Å². The standard InChI is InChI=1S/C20H27N3O5/c1-23-7-6-19-10-15(24)20(28-3,22-18(21)26)9-12(19)13(23)8-11-4-5-14(27-2)17(25)16(11)19/h4-5,12-13,25H,6-10H2,1-3H3,(H3,21,22,26)/t12?,13?,19?,20-/m0/s1. The van der Waals surface area contributed by atoms with E-state index in [0.29, 0.717) is 12.2 Å². The molecule has 0 radical (unpaired) electrons. The van der Waals surface area contributed by atoms with Gasteiger partial charge in [-0.2, -0.15) is 0 Å². The monoisotopic (exact) mass is 389 g/mol. The third-order valence-electron chi connectivity index (χ3n) is 7.13. The van der Waals surface area contributed by atoms with E-state index in [1.165, 1.54) is 14.2 Å². The van der Waals surface area contributed by atoms with Crippen LogP contribution in [-0.4, -0.2) is 61.4 Å². The summed E-state index contributed by atoms with van der Waals surface area (Å²) >= 11 is 0. The number of urea groups is 1. The van der Waals surface area contributed by atoms with Gasteiger partial charge in [-0.05, 0) is 44.0 Å². The number of likely N-dealkylation sites (N-methyl/N-ethyl adjacent to an activating group) is 1. The SMILES string of the molecule is COc1ccc2c(c1O)C13CCN(C)C(C2)C1C[C@](NC(N)=O)(OC)C(=O)C3. The van der Waals surface area contributed by atoms with Gasteiger partial charge in [0.05, 0.1) is 7.11 Å². The molecule has 1 saturated carbocycles. The minimum atomic E-state index is -1.43. The number of methoxy groups -OCH3 is 2. The van der Waals surface area contributed by atoms with Gasteiger partial charge in [0.15, 0.2) is 17.3 Å². The van der Waals surface area contributed by atoms with E-state index >= 15 is 0 Å². The number of fused-ring (bicyclic) bond motifs is 1. The van der Waals surface area contributed by atoms with Gasteiger partial charge in [0.1, 0.15) is 0 Å². The predicted octanol–water partition coefficient (Wildman–Crippen LogP) is 0.889. The summed E-state index contributed by atoms with van der Waals surface area (Å²) in [4.78, 5) is 27.2. The van der Waals surface area contributed by atoms with Crippen molar-refractivity contribution in [2.24, 2.45) is 11.7 Å². The number of carbonyl (C=O) groups excluding carboxylic acids is 2. The second-order valence-corrected chi connectivity index (χ2v) is 8.24. The molecule has 1 heterocycles. The summed E-state index contributed by atoms with van der Waals surface area (Å²) in [7, 11) is 5.02. The number of benzene rings is 1. The molecule has 2 aliphatic carbocycles. The van der Waals surface area contributed by atoms with Crippen LogP contribution in [0, 0.1) is 5.92 Å². The zero-order chi connectivity index (χ0) is 20.3. The van der Waals surface area contributed by atoms with E-state index in [4.69, 9.17) is 15.2 Å². The van der Waals surface area contributed by atoms with Gasteiger partial charge in [-0.3, -0.25) is 4.79 Å². The smallest absolute Gasteiger partial charge is 0.314 e. The van der Waals surface area contributed by atoms with E-state index in [1.54, 1.807) is 6.07 Å². The topological polar surface area (TPSA) is 114 Å². The van der Waals surface area contributed by atoms with Crippen LogP contribution in [-0.2, 0) is 21.4 Å². The van der Waals surface area contributed by atoms with Gasteiger partial charge in [0.25, 0.3) is 0 Å². The lowest BCUT2D eigenvalue weighted by Crippen LogP contribution is -2.70. The molecule has 0 spiro atoms. The van der Waals surface area contributed by atoms with Crippen molar-refractivity contribution >= 4 is 11.8 Å². The fraction of sp³-hybridized carbons (Fsp3) is 0.600. The molecule has 0 aromatic heterocycles. The van der Waals surface area contributed by atoms with Crippen LogP contribution in [0.25, 0.3) is 0 Å². The Balaban J connectivity index is 1.88. The number of nitrogens with two attached hydrogens (primary N) is 1. The van der Waals surface area contributed by atoms with Crippen LogP contribution in [0.5, 0.6) is 11.5 Å². The van der Waals surface area contributed by atoms with Crippen molar-refractivity contribution < 1.29 is 24.2 Å². The van der Waals surface area contributed by atoms with Crippen molar-refractivity contribution in [3.8, 4) is 11.5 Å². The van der Waals surface area contributed by atoms with Crippen LogP contribution in [0.3, 0.4) is 0 Å². The van der Waals surface area contributed by atoms with Crippen molar-refractivity contribution in [1.82, 2.24) is 10.2 Å². The molecule has 8 nitrogen and oxygen atoms in total. The maximum absolute atomic E-state index is 13.3. The summed E-state index contributed by atoms with van der Waals surface area (Å²) in [6.07, 6.45) is 1.97. The summed E-state index contributed by atoms with van der Waals surface area (Å²) in [5.74, 6) is 0.328. The third kappa shape index (κ3) is 2.44. The quantitative estimate of drug-likeness (QED) is 0.662. The molecule has 1 aliphatic heterocycles. The second-order valence-electron chi connectivity index (χ2n) is 8.24. The first-order valence-electron chi connectivity index (χ1n) is 9.53. The minimum Gasteiger partial charge on any atom is -0.504 e. The molecular weight excluding hydrogens is 362 g/mol. The Morgan fingerprint density at radius 1 is 1.39 bits per heavy atom. The average Bonchev–Trinajstić information content (AvgIpc) is 2.65. The molecule has 152 valence electrons. The first-order chi connectivity index (χ1) is 13.3. The Hall–Kier alpha value is -2.32. The highest BCUT2D eigenvalue weighted by Gasteiger charge is 2.62. The molecule has 1 aromatic rings. The van der Waals surface area contributed by atoms with E-state index in [1.807, 2.05) is 6.07 Å². The van der Waals surface area contributed by atoms with E-state index in [9.17, 15) is 14.7 Å². The van der Waals surface area contributed by atoms with Gasteiger partial charge in [-0.25, -0.2) is 4.79 Å². The molecule has 2 amide bonds. The lowest BCUT2D eigenvalue weighted by molar-refractivity contribution is -0.163. The van der Waals surface area contributed by atoms with Crippen molar-refractivity contribution in [2.45, 2.75) is 42.9 Å². The molecular formula is C20H27N3O5. The number of Topliss-reactive ketones (excluding diaryl/α,β-unsaturated/α-hetero) is 1. The third-order valence-corrected chi connectivity index (χ3v) is 7.13. The van der Waals surface area contributed by atoms with Gasteiger partial charge in [-0.1, -0.05) is 6.07 Å². The van der Waals surface area contributed by atoms with Gasteiger partial charge in [-0.15, -0.1) is 0 Å². The first kappa shape index (κ1) is 19.0. The zero-order valence-electron chi connectivity index (χ0n) is 16.4. The molecule has 8 heteroatoms. The lowest BCUT2D eigenvalue weighted by Gasteiger charge is -2.60. The van der Waals surface area contributed by atoms with Crippen molar-refractivity contribution in [1.29, 1.82) is 0 Å². The Bertz CT molecular complexity index is 843. The van der Waals surface area contributed by atoms with Crippen molar-refractivity contribution in [2.75, 3.05) is 27.8 Å². The zero-order valence-corrected chi connectivity index (χ0v) is 16.4. The Morgan fingerprint density at radius 3 is 2.79 bits per heavy atom. The van der Waals surface area contributed by atoms with Gasteiger partial charge in [0.2, 0.25) is 5.72 Å². The Labute approximate surface area is 164 Å². The number of phenolic OH excluding ortho intramolecular Hbond substituents is 1. The molecule has 1 saturated heterocycles. The van der Waals surface area contributed by atoms with Crippen LogP contribution < -0.4 is 15.8 Å². The van der Waals surface area contributed by atoms with Crippen molar-refractivity contribution in [3.05, 3.63) is 23.3 Å². The number of phenols is 1. The van der Waals surface area contributed by atoms with Crippen LogP contribution in [0.2, 0.25) is 0 Å². The van der Waals surface area contributed by atoms with Gasteiger partial charge in [0, 0.05) is 37.0 Å². The number of likely N-dealkylation sites (tertiary alicyclic amines) is 1. The average molecular weight is 389 g/mol. The van der Waals surface area contributed by atoms with Crippen LogP contribution >= 0.6 is 0 Å². The van der Waals surface area contributed by atoms with Crippen LogP contribution in [0.4, 0.5) is 4.79 Å². The van der Waals surface area contributed by atoms with Gasteiger partial charge >= 0.3 is 6.03 Å². The number of primary amides is 1. The summed E-state index contributed by atoms with van der Waals surface area (Å²) in [6.45, 7) is 0.827. The molecule has 28 heavy (non-hydrogen) atoms. The van der Waals surface area contributed by atoms with E-state index < -0.39 is 17.2 Å². The van der Waals surface area contributed by atoms with Crippen molar-refractivity contribution in [3.63, 3.8) is 0 Å². The first-order valence-corrected chi connectivity index (χ1v) is 9.53. The molecule has 4 N–H and O–H groups in total. The van der Waals surface area contributed by atoms with Gasteiger partial charge < -0.3 is 30.5 Å². The molecule has 4 rings (SSSR count). The number of nitrogens with zero attached hydrogens (tertiary/aromatic N) is 1. The number of carbonyl (C=O) groups is 2. The minimum absolute atomic E-state index is 0.0151. The summed E-state index contributed by atoms with van der Waals surface area (Å²) in [6, 6.07) is 3.15. The lowest BCUT2D eigenvalue weighted by atomic mass is 9.50. The number of ether oxygens (including phenoxy) is 2. The molecule has 2 fully saturated rings. The Kier molecular flexibility index (Phi) is 4.31. The summed E-state index contributed by atoms with van der Waals surface area (Å²) < 4.78 is 10.9. The molecule has 3 aliphatic rings. The fourth-order valence-corrected chi connectivity index (χ4v) is 5.80. The maximum atomic E-state index is 13.3. The van der Waals surface area contributed by atoms with Crippen LogP contribution in [0.15, 0.2) is 12.1 Å². The summed E-state index contributed by atoms with van der Waals surface area (Å²) in [5.41, 5.74) is 5.27. The molecule has 3 unspecified atom stereocenters. The number of piperidine rings is 1. The maximum Gasteiger partial charge on any atom is 0.314 e. The molecule has 2 bridgehead atoms.